The molecule has 1 rings (SSSR count). The predicted octanol–water partition coefficient (Wildman–Crippen LogP) is 3.72. The standard InChI is InChI=1S/C14H24N2O/c1-4-6-7-12(5-2)11-17-13-8-9-16-14(10-13)15-3/h8-10,12H,4-7,11H2,1-3H3,(H,15,16). The number of anilines is 1. The topological polar surface area (TPSA) is 34.1 Å². The third-order valence-electron chi connectivity index (χ3n) is 3.02. The zero-order chi connectivity index (χ0) is 12.5. The van der Waals surface area contributed by atoms with Crippen LogP contribution in [0.3, 0.4) is 0 Å². The fourth-order valence-corrected chi connectivity index (χ4v) is 1.75. The Morgan fingerprint density at radius 2 is 2.24 bits per heavy atom. The zero-order valence-electron chi connectivity index (χ0n) is 11.2. The van der Waals surface area contributed by atoms with Gasteiger partial charge in [0.2, 0.25) is 0 Å². The fraction of sp³-hybridized carbons (Fsp3) is 0.643. The Labute approximate surface area is 105 Å². The molecule has 3 heteroatoms. The van der Waals surface area contributed by atoms with Gasteiger partial charge in [0.15, 0.2) is 0 Å². The summed E-state index contributed by atoms with van der Waals surface area (Å²) in [4.78, 5) is 4.16. The Balaban J connectivity index is 2.41. The summed E-state index contributed by atoms with van der Waals surface area (Å²) in [5, 5.41) is 3.01. The van der Waals surface area contributed by atoms with Crippen molar-refractivity contribution in [3.63, 3.8) is 0 Å². The first kappa shape index (κ1) is 13.8. The molecule has 3 nitrogen and oxygen atoms in total. The van der Waals surface area contributed by atoms with Crippen LogP contribution in [0.25, 0.3) is 0 Å². The lowest BCUT2D eigenvalue weighted by Crippen LogP contribution is -2.11. The molecule has 17 heavy (non-hydrogen) atoms. The summed E-state index contributed by atoms with van der Waals surface area (Å²) < 4.78 is 5.82. The molecular weight excluding hydrogens is 212 g/mol. The van der Waals surface area contributed by atoms with Gasteiger partial charge in [-0.05, 0) is 18.4 Å². The van der Waals surface area contributed by atoms with Gasteiger partial charge in [-0.2, -0.15) is 0 Å². The van der Waals surface area contributed by atoms with Crippen LogP contribution in [0.2, 0.25) is 0 Å². The molecule has 0 spiro atoms. The number of hydrogen-bond acceptors (Lipinski definition) is 3. The van der Waals surface area contributed by atoms with E-state index < -0.39 is 0 Å². The van der Waals surface area contributed by atoms with Crippen molar-refractivity contribution in [3.05, 3.63) is 18.3 Å². The molecule has 0 amide bonds. The number of rotatable bonds is 8. The van der Waals surface area contributed by atoms with E-state index in [0.717, 1.165) is 18.2 Å². The van der Waals surface area contributed by atoms with Gasteiger partial charge in [-0.15, -0.1) is 0 Å². The van der Waals surface area contributed by atoms with Crippen LogP contribution >= 0.6 is 0 Å². The van der Waals surface area contributed by atoms with Gasteiger partial charge in [-0.25, -0.2) is 4.98 Å². The Kier molecular flexibility index (Phi) is 6.45. The smallest absolute Gasteiger partial charge is 0.129 e. The van der Waals surface area contributed by atoms with Gasteiger partial charge in [0.1, 0.15) is 11.6 Å². The van der Waals surface area contributed by atoms with Gasteiger partial charge in [0.25, 0.3) is 0 Å². The van der Waals surface area contributed by atoms with Gasteiger partial charge in [-0.1, -0.05) is 33.1 Å². The van der Waals surface area contributed by atoms with Crippen molar-refractivity contribution >= 4 is 5.82 Å². The second-order valence-electron chi connectivity index (χ2n) is 4.35. The van der Waals surface area contributed by atoms with E-state index >= 15 is 0 Å². The minimum absolute atomic E-state index is 0.668. The van der Waals surface area contributed by atoms with Crippen molar-refractivity contribution in [2.24, 2.45) is 5.92 Å². The van der Waals surface area contributed by atoms with Crippen molar-refractivity contribution in [1.29, 1.82) is 0 Å². The van der Waals surface area contributed by atoms with Gasteiger partial charge in [-0.3, -0.25) is 0 Å². The maximum Gasteiger partial charge on any atom is 0.129 e. The molecule has 1 N–H and O–H groups in total. The van der Waals surface area contributed by atoms with Crippen molar-refractivity contribution in [1.82, 2.24) is 4.98 Å². The van der Waals surface area contributed by atoms with Crippen LogP contribution in [0, 0.1) is 5.92 Å². The molecule has 1 heterocycles. The first-order chi connectivity index (χ1) is 8.30. The van der Waals surface area contributed by atoms with Crippen LogP contribution in [0.4, 0.5) is 5.82 Å². The Bertz CT molecular complexity index is 315. The summed E-state index contributed by atoms with van der Waals surface area (Å²) in [7, 11) is 1.86. The summed E-state index contributed by atoms with van der Waals surface area (Å²) >= 11 is 0. The largest absolute Gasteiger partial charge is 0.493 e. The number of aromatic nitrogens is 1. The molecule has 0 fully saturated rings. The molecule has 0 aliphatic rings. The van der Waals surface area contributed by atoms with E-state index in [0.29, 0.717) is 5.92 Å². The average molecular weight is 236 g/mol. The Hall–Kier alpha value is -1.25. The quantitative estimate of drug-likeness (QED) is 0.747. The lowest BCUT2D eigenvalue weighted by Gasteiger charge is -2.15. The van der Waals surface area contributed by atoms with Crippen LogP contribution in [0.1, 0.15) is 39.5 Å². The van der Waals surface area contributed by atoms with E-state index in [-0.39, 0.29) is 0 Å². The fourth-order valence-electron chi connectivity index (χ4n) is 1.75. The average Bonchev–Trinajstić information content (AvgIpc) is 2.39. The van der Waals surface area contributed by atoms with Crippen molar-refractivity contribution < 1.29 is 4.74 Å². The van der Waals surface area contributed by atoms with Crippen molar-refractivity contribution in [2.45, 2.75) is 39.5 Å². The number of hydrogen-bond donors (Lipinski definition) is 1. The summed E-state index contributed by atoms with van der Waals surface area (Å²) in [6, 6.07) is 3.85. The van der Waals surface area contributed by atoms with E-state index in [1.165, 1.54) is 25.7 Å². The zero-order valence-corrected chi connectivity index (χ0v) is 11.2. The highest BCUT2D eigenvalue weighted by Crippen LogP contribution is 2.18. The summed E-state index contributed by atoms with van der Waals surface area (Å²) in [6.07, 6.45) is 6.77. The Morgan fingerprint density at radius 1 is 1.41 bits per heavy atom. The van der Waals surface area contributed by atoms with Gasteiger partial charge in [0.05, 0.1) is 6.61 Å². The Morgan fingerprint density at radius 3 is 2.88 bits per heavy atom. The second-order valence-corrected chi connectivity index (χ2v) is 4.35. The molecule has 0 radical (unpaired) electrons. The second kappa shape index (κ2) is 7.93. The lowest BCUT2D eigenvalue weighted by atomic mass is 10.0. The van der Waals surface area contributed by atoms with Crippen LogP contribution in [0.15, 0.2) is 18.3 Å². The minimum Gasteiger partial charge on any atom is -0.493 e. The molecule has 0 saturated heterocycles. The summed E-state index contributed by atoms with van der Waals surface area (Å²) in [5.41, 5.74) is 0. The lowest BCUT2D eigenvalue weighted by molar-refractivity contribution is 0.233. The van der Waals surface area contributed by atoms with E-state index in [2.05, 4.69) is 24.1 Å². The van der Waals surface area contributed by atoms with Crippen LogP contribution in [0.5, 0.6) is 5.75 Å². The molecule has 0 saturated carbocycles. The van der Waals surface area contributed by atoms with Gasteiger partial charge >= 0.3 is 0 Å². The maximum atomic E-state index is 5.82. The maximum absolute atomic E-state index is 5.82. The third kappa shape index (κ3) is 5.07. The highest BCUT2D eigenvalue weighted by molar-refractivity contribution is 5.39. The first-order valence-electron chi connectivity index (χ1n) is 6.56. The number of ether oxygens (including phenoxy) is 1. The molecule has 0 aliphatic carbocycles. The molecule has 96 valence electrons. The van der Waals surface area contributed by atoms with Crippen LogP contribution in [-0.2, 0) is 0 Å². The number of nitrogens with one attached hydrogen (secondary N) is 1. The van der Waals surface area contributed by atoms with Gasteiger partial charge < -0.3 is 10.1 Å². The van der Waals surface area contributed by atoms with E-state index in [1.807, 2.05) is 19.2 Å². The monoisotopic (exact) mass is 236 g/mol. The summed E-state index contributed by atoms with van der Waals surface area (Å²) in [5.74, 6) is 2.42. The van der Waals surface area contributed by atoms with Crippen LogP contribution in [-0.4, -0.2) is 18.6 Å². The molecule has 1 aromatic rings. The third-order valence-corrected chi connectivity index (χ3v) is 3.02. The molecule has 0 aromatic carbocycles. The normalized spacial score (nSPS) is 12.2. The predicted molar refractivity (Wildman–Crippen MR) is 72.6 cm³/mol. The SMILES string of the molecule is CCCCC(CC)COc1ccnc(NC)c1. The molecule has 0 aliphatic heterocycles. The van der Waals surface area contributed by atoms with Crippen molar-refractivity contribution in [3.8, 4) is 5.75 Å². The van der Waals surface area contributed by atoms with Crippen molar-refractivity contribution in [2.75, 3.05) is 19.0 Å². The number of nitrogens with zero attached hydrogens (tertiary/aromatic N) is 1. The minimum atomic E-state index is 0.668. The summed E-state index contributed by atoms with van der Waals surface area (Å²) in [6.45, 7) is 5.27. The molecule has 1 unspecified atom stereocenters. The van der Waals surface area contributed by atoms with Gasteiger partial charge in [0, 0.05) is 19.3 Å². The van der Waals surface area contributed by atoms with E-state index in [1.54, 1.807) is 6.20 Å². The first-order valence-corrected chi connectivity index (χ1v) is 6.56. The molecule has 0 bridgehead atoms. The van der Waals surface area contributed by atoms with E-state index in [4.69, 9.17) is 4.74 Å². The van der Waals surface area contributed by atoms with Crippen LogP contribution < -0.4 is 10.1 Å². The molecule has 1 aromatic heterocycles. The van der Waals surface area contributed by atoms with E-state index in [9.17, 15) is 0 Å². The number of unbranched alkanes of at least 4 members (excludes halogenated alkanes) is 1. The highest BCUT2D eigenvalue weighted by atomic mass is 16.5. The molecular formula is C14H24N2O. The highest BCUT2D eigenvalue weighted by Gasteiger charge is 2.07. The number of pyridine rings is 1. The molecule has 1 atom stereocenters.